The number of benzene rings is 2. The topological polar surface area (TPSA) is 43.8 Å². The Labute approximate surface area is 126 Å². The molecule has 0 aliphatic heterocycles. The van der Waals surface area contributed by atoms with Crippen LogP contribution < -0.4 is 5.73 Å². The fourth-order valence-corrected chi connectivity index (χ4v) is 2.61. The highest BCUT2D eigenvalue weighted by molar-refractivity contribution is 9.10. The van der Waals surface area contributed by atoms with Gasteiger partial charge in [0.1, 0.15) is 11.5 Å². The number of imidazole rings is 1. The molecule has 7 heteroatoms. The number of aryl methyl sites for hydroxylation is 1. The Kier molecular flexibility index (Phi) is 3.16. The molecule has 1 heterocycles. The minimum atomic E-state index is -0.796. The third kappa shape index (κ3) is 2.17. The van der Waals surface area contributed by atoms with Crippen molar-refractivity contribution in [1.29, 1.82) is 0 Å². The molecule has 21 heavy (non-hydrogen) atoms. The number of hydrogen-bond donors (Lipinski definition) is 1. The van der Waals surface area contributed by atoms with Crippen LogP contribution in [0.4, 0.5) is 19.1 Å². The Balaban J connectivity index is 2.41. The van der Waals surface area contributed by atoms with Gasteiger partial charge in [-0.25, -0.2) is 18.2 Å². The molecule has 1 aromatic heterocycles. The molecule has 3 nitrogen and oxygen atoms in total. The van der Waals surface area contributed by atoms with Crippen LogP contribution in [0.25, 0.3) is 16.7 Å². The van der Waals surface area contributed by atoms with Crippen LogP contribution in [0, 0.1) is 24.4 Å². The summed E-state index contributed by atoms with van der Waals surface area (Å²) < 4.78 is 43.2. The molecule has 0 aliphatic rings. The summed E-state index contributed by atoms with van der Waals surface area (Å²) in [6.45, 7) is 1.55. The molecule has 0 spiro atoms. The summed E-state index contributed by atoms with van der Waals surface area (Å²) in [6.07, 6.45) is 0. The van der Waals surface area contributed by atoms with Gasteiger partial charge in [-0.1, -0.05) is 15.9 Å². The standard InChI is InChI=1S/C14H9BrF3N3/c1-6-2-12-11(5-8(6)16)20-14(19)21(12)13-9(17)3-7(15)4-10(13)18/h2-5H,1H3,(H2,19,20). The molecule has 0 saturated heterocycles. The van der Waals surface area contributed by atoms with E-state index in [4.69, 9.17) is 5.73 Å². The first-order chi connectivity index (χ1) is 9.88. The molecular weight excluding hydrogens is 347 g/mol. The van der Waals surface area contributed by atoms with Gasteiger partial charge in [-0.3, -0.25) is 4.57 Å². The summed E-state index contributed by atoms with van der Waals surface area (Å²) in [6, 6.07) is 4.89. The summed E-state index contributed by atoms with van der Waals surface area (Å²) in [5.41, 5.74) is 6.31. The maximum Gasteiger partial charge on any atom is 0.206 e. The fraction of sp³-hybridized carbons (Fsp3) is 0.0714. The monoisotopic (exact) mass is 355 g/mol. The van der Waals surface area contributed by atoms with Crippen LogP contribution in [0.2, 0.25) is 0 Å². The lowest BCUT2D eigenvalue weighted by Gasteiger charge is -2.10. The molecule has 3 rings (SSSR count). The minimum Gasteiger partial charge on any atom is -0.369 e. The van der Waals surface area contributed by atoms with E-state index in [9.17, 15) is 13.2 Å². The zero-order valence-corrected chi connectivity index (χ0v) is 12.4. The van der Waals surface area contributed by atoms with E-state index in [1.807, 2.05) is 0 Å². The molecule has 0 atom stereocenters. The summed E-state index contributed by atoms with van der Waals surface area (Å²) in [5, 5.41) is 0. The highest BCUT2D eigenvalue weighted by Gasteiger charge is 2.19. The largest absolute Gasteiger partial charge is 0.369 e. The smallest absolute Gasteiger partial charge is 0.206 e. The Hall–Kier alpha value is -2.02. The van der Waals surface area contributed by atoms with Crippen LogP contribution in [-0.2, 0) is 0 Å². The Morgan fingerprint density at radius 2 is 1.67 bits per heavy atom. The molecule has 0 radical (unpaired) electrons. The van der Waals surface area contributed by atoms with E-state index in [0.29, 0.717) is 11.1 Å². The molecule has 2 N–H and O–H groups in total. The van der Waals surface area contributed by atoms with Crippen molar-refractivity contribution in [2.45, 2.75) is 6.92 Å². The van der Waals surface area contributed by atoms with Crippen molar-refractivity contribution in [2.75, 3.05) is 5.73 Å². The molecule has 0 unspecified atom stereocenters. The lowest BCUT2D eigenvalue weighted by atomic mass is 10.2. The second kappa shape index (κ2) is 4.77. The Morgan fingerprint density at radius 3 is 2.29 bits per heavy atom. The van der Waals surface area contributed by atoms with Gasteiger partial charge in [-0.15, -0.1) is 0 Å². The molecule has 2 aromatic carbocycles. The summed E-state index contributed by atoms with van der Waals surface area (Å²) in [7, 11) is 0. The third-order valence-corrected chi connectivity index (χ3v) is 3.62. The van der Waals surface area contributed by atoms with Crippen molar-refractivity contribution in [2.24, 2.45) is 0 Å². The van der Waals surface area contributed by atoms with Crippen molar-refractivity contribution >= 4 is 32.9 Å². The second-order valence-corrected chi connectivity index (χ2v) is 5.53. The van der Waals surface area contributed by atoms with E-state index in [-0.39, 0.29) is 21.6 Å². The lowest BCUT2D eigenvalue weighted by Crippen LogP contribution is -2.06. The van der Waals surface area contributed by atoms with Gasteiger partial charge in [0.15, 0.2) is 11.6 Å². The first kappa shape index (κ1) is 13.9. The maximum absolute atomic E-state index is 14.1. The number of fused-ring (bicyclic) bond motifs is 1. The van der Waals surface area contributed by atoms with E-state index in [1.165, 1.54) is 12.1 Å². The maximum atomic E-state index is 14.1. The van der Waals surface area contributed by atoms with Gasteiger partial charge in [-0.05, 0) is 30.7 Å². The van der Waals surface area contributed by atoms with E-state index in [0.717, 1.165) is 16.7 Å². The van der Waals surface area contributed by atoms with Crippen LogP contribution in [0.15, 0.2) is 28.7 Å². The van der Waals surface area contributed by atoms with Gasteiger partial charge < -0.3 is 5.73 Å². The normalized spacial score (nSPS) is 11.3. The third-order valence-electron chi connectivity index (χ3n) is 3.17. The number of nitrogens with two attached hydrogens (primary N) is 1. The first-order valence-electron chi connectivity index (χ1n) is 5.97. The predicted octanol–water partition coefficient (Wildman–Crippen LogP) is 4.10. The number of aromatic nitrogens is 2. The molecule has 108 valence electrons. The first-order valence-corrected chi connectivity index (χ1v) is 6.77. The van der Waals surface area contributed by atoms with Gasteiger partial charge in [0.25, 0.3) is 0 Å². The van der Waals surface area contributed by atoms with E-state index in [1.54, 1.807) is 6.92 Å². The van der Waals surface area contributed by atoms with Crippen molar-refractivity contribution in [3.05, 3.63) is 51.8 Å². The van der Waals surface area contributed by atoms with Crippen molar-refractivity contribution in [1.82, 2.24) is 9.55 Å². The number of rotatable bonds is 1. The van der Waals surface area contributed by atoms with E-state index in [2.05, 4.69) is 20.9 Å². The minimum absolute atomic E-state index is 0.116. The van der Waals surface area contributed by atoms with Crippen LogP contribution in [0.1, 0.15) is 5.56 Å². The summed E-state index contributed by atoms with van der Waals surface area (Å²) >= 11 is 3.01. The van der Waals surface area contributed by atoms with Gasteiger partial charge >= 0.3 is 0 Å². The SMILES string of the molecule is Cc1cc2c(cc1F)nc(N)n2-c1c(F)cc(Br)cc1F. The molecular formula is C14H9BrF3N3. The quantitative estimate of drug-likeness (QED) is 0.714. The number of nitrogen functional groups attached to an aromatic ring is 1. The number of anilines is 1. The molecule has 0 aliphatic carbocycles. The van der Waals surface area contributed by atoms with Gasteiger partial charge in [-0.2, -0.15) is 0 Å². The van der Waals surface area contributed by atoms with Crippen molar-refractivity contribution in [3.63, 3.8) is 0 Å². The van der Waals surface area contributed by atoms with Gasteiger partial charge in [0.2, 0.25) is 5.95 Å². The van der Waals surface area contributed by atoms with Gasteiger partial charge in [0, 0.05) is 10.5 Å². The number of nitrogens with zero attached hydrogens (tertiary/aromatic N) is 2. The van der Waals surface area contributed by atoms with Gasteiger partial charge in [0.05, 0.1) is 11.0 Å². The van der Waals surface area contributed by atoms with Crippen LogP contribution >= 0.6 is 15.9 Å². The van der Waals surface area contributed by atoms with E-state index < -0.39 is 17.5 Å². The van der Waals surface area contributed by atoms with Crippen LogP contribution in [0.5, 0.6) is 0 Å². The fourth-order valence-electron chi connectivity index (χ4n) is 2.20. The molecule has 0 saturated carbocycles. The zero-order valence-electron chi connectivity index (χ0n) is 10.8. The summed E-state index contributed by atoms with van der Waals surface area (Å²) in [4.78, 5) is 3.95. The second-order valence-electron chi connectivity index (χ2n) is 4.61. The average molecular weight is 356 g/mol. The van der Waals surface area contributed by atoms with Crippen molar-refractivity contribution in [3.8, 4) is 5.69 Å². The Morgan fingerprint density at radius 1 is 1.05 bits per heavy atom. The molecule has 3 aromatic rings. The number of halogens is 4. The Bertz CT molecular complexity index is 851. The zero-order chi connectivity index (χ0) is 15.3. The van der Waals surface area contributed by atoms with Crippen LogP contribution in [0.3, 0.4) is 0 Å². The average Bonchev–Trinajstić information content (AvgIpc) is 2.66. The number of hydrogen-bond acceptors (Lipinski definition) is 2. The highest BCUT2D eigenvalue weighted by atomic mass is 79.9. The highest BCUT2D eigenvalue weighted by Crippen LogP contribution is 2.30. The van der Waals surface area contributed by atoms with E-state index >= 15 is 0 Å². The molecule has 0 bridgehead atoms. The van der Waals surface area contributed by atoms with Crippen LogP contribution in [-0.4, -0.2) is 9.55 Å². The molecule has 0 amide bonds. The lowest BCUT2D eigenvalue weighted by molar-refractivity contribution is 0.570. The van der Waals surface area contributed by atoms with Crippen molar-refractivity contribution < 1.29 is 13.2 Å². The summed E-state index contributed by atoms with van der Waals surface area (Å²) in [5.74, 6) is -2.16. The molecule has 0 fully saturated rings. The predicted molar refractivity (Wildman–Crippen MR) is 77.8 cm³/mol.